The van der Waals surface area contributed by atoms with Crippen LogP contribution < -0.4 is 0 Å². The summed E-state index contributed by atoms with van der Waals surface area (Å²) in [6.07, 6.45) is 8.25. The lowest BCUT2D eigenvalue weighted by Crippen LogP contribution is -2.42. The second kappa shape index (κ2) is 5.28. The smallest absolute Gasteiger partial charge is 0.193 e. The molecule has 3 rings (SSSR count). The molecule has 0 spiro atoms. The first kappa shape index (κ1) is 15.4. The van der Waals surface area contributed by atoms with Gasteiger partial charge in [0, 0.05) is 17.5 Å². The molecule has 3 nitrogen and oxygen atoms in total. The molecule has 0 saturated heterocycles. The van der Waals surface area contributed by atoms with Crippen molar-refractivity contribution in [3.63, 3.8) is 0 Å². The van der Waals surface area contributed by atoms with E-state index in [2.05, 4.69) is 33.9 Å². The van der Waals surface area contributed by atoms with Gasteiger partial charge in [-0.25, -0.2) is 0 Å². The molecule has 0 amide bonds. The lowest BCUT2D eigenvalue weighted by Gasteiger charge is -2.39. The summed E-state index contributed by atoms with van der Waals surface area (Å²) < 4.78 is 18.0. The van der Waals surface area contributed by atoms with Gasteiger partial charge >= 0.3 is 0 Å². The zero-order valence-electron chi connectivity index (χ0n) is 14.0. The lowest BCUT2D eigenvalue weighted by atomic mass is 10.0. The van der Waals surface area contributed by atoms with Crippen molar-refractivity contribution in [2.45, 2.75) is 51.4 Å². The van der Waals surface area contributed by atoms with Gasteiger partial charge in [-0.3, -0.25) is 0 Å². The fourth-order valence-electron chi connectivity index (χ4n) is 2.48. The van der Waals surface area contributed by atoms with Gasteiger partial charge < -0.3 is 13.3 Å². The molecule has 0 aromatic carbocycles. The van der Waals surface area contributed by atoms with Gasteiger partial charge in [0.2, 0.25) is 0 Å². The van der Waals surface area contributed by atoms with Gasteiger partial charge in [-0.15, -0.1) is 0 Å². The minimum atomic E-state index is -1.89. The van der Waals surface area contributed by atoms with Crippen LogP contribution in [0.1, 0.15) is 49.5 Å². The monoisotopic (exact) mass is 316 g/mol. The third-order valence-corrected chi connectivity index (χ3v) is 9.35. The maximum Gasteiger partial charge on any atom is 0.193 e. The molecule has 0 radical (unpaired) electrons. The summed E-state index contributed by atoms with van der Waals surface area (Å²) in [5, 5.41) is 0.164. The summed E-state index contributed by atoms with van der Waals surface area (Å²) in [6, 6.07) is 4.01. The predicted octanol–water partition coefficient (Wildman–Crippen LogP) is 5.66. The Hall–Kier alpha value is -1.52. The summed E-state index contributed by atoms with van der Waals surface area (Å²) in [5.41, 5.74) is 2.24. The van der Waals surface area contributed by atoms with Crippen LogP contribution in [0.4, 0.5) is 0 Å². The lowest BCUT2D eigenvalue weighted by molar-refractivity contribution is 0.156. The molecule has 1 aliphatic carbocycles. The van der Waals surface area contributed by atoms with Gasteiger partial charge in [0.05, 0.1) is 12.5 Å². The molecule has 2 aromatic rings. The van der Waals surface area contributed by atoms with Crippen LogP contribution in [-0.2, 0) is 10.8 Å². The average molecular weight is 316 g/mol. The molecule has 1 aliphatic rings. The first-order valence-corrected chi connectivity index (χ1v) is 10.7. The zero-order chi connectivity index (χ0) is 16.0. The largest absolute Gasteiger partial charge is 0.466 e. The Labute approximate surface area is 133 Å². The molecule has 2 aromatic heterocycles. The van der Waals surface area contributed by atoms with E-state index in [0.717, 1.165) is 23.5 Å². The van der Waals surface area contributed by atoms with Gasteiger partial charge in [-0.2, -0.15) is 0 Å². The molecule has 0 bridgehead atoms. The van der Waals surface area contributed by atoms with Crippen LogP contribution in [0.5, 0.6) is 0 Å². The number of rotatable bonds is 2. The third-order valence-electron chi connectivity index (χ3n) is 4.86. The maximum atomic E-state index is 6.66. The number of furan rings is 2. The highest BCUT2D eigenvalue weighted by molar-refractivity contribution is 6.74. The molecular formula is C18H24O3Si. The van der Waals surface area contributed by atoms with Crippen molar-refractivity contribution in [1.82, 2.24) is 0 Å². The first-order chi connectivity index (χ1) is 10.3. The topological polar surface area (TPSA) is 35.5 Å². The highest BCUT2D eigenvalue weighted by Crippen LogP contribution is 2.42. The first-order valence-electron chi connectivity index (χ1n) is 7.77. The fraction of sp³-hybridized carbons (Fsp3) is 0.444. The quantitative estimate of drug-likeness (QED) is 0.670. The molecule has 118 valence electrons. The molecule has 4 heteroatoms. The van der Waals surface area contributed by atoms with Crippen molar-refractivity contribution in [3.05, 3.63) is 47.3 Å². The predicted molar refractivity (Wildman–Crippen MR) is 91.1 cm³/mol. The van der Waals surface area contributed by atoms with Crippen LogP contribution in [0.3, 0.4) is 0 Å². The van der Waals surface area contributed by atoms with Crippen molar-refractivity contribution in [2.24, 2.45) is 0 Å². The molecule has 1 atom stereocenters. The van der Waals surface area contributed by atoms with E-state index < -0.39 is 8.32 Å². The molecule has 0 aliphatic heterocycles. The van der Waals surface area contributed by atoms with Crippen molar-refractivity contribution in [3.8, 4) is 0 Å². The van der Waals surface area contributed by atoms with Crippen LogP contribution in [0.15, 0.2) is 33.5 Å². The molecule has 2 heterocycles. The summed E-state index contributed by atoms with van der Waals surface area (Å²) in [7, 11) is -1.89. The minimum absolute atomic E-state index is 0.0628. The number of fused-ring (bicyclic) bond motifs is 2. The van der Waals surface area contributed by atoms with E-state index in [9.17, 15) is 0 Å². The van der Waals surface area contributed by atoms with Gasteiger partial charge in [0.1, 0.15) is 17.6 Å². The summed E-state index contributed by atoms with van der Waals surface area (Å²) in [4.78, 5) is 0. The van der Waals surface area contributed by atoms with E-state index in [4.69, 9.17) is 13.3 Å². The van der Waals surface area contributed by atoms with E-state index in [0.29, 0.717) is 0 Å². The second-order valence-corrected chi connectivity index (χ2v) is 12.2. The third kappa shape index (κ3) is 2.73. The second-order valence-electron chi connectivity index (χ2n) is 7.45. The van der Waals surface area contributed by atoms with Crippen LogP contribution in [0.2, 0.25) is 18.1 Å². The van der Waals surface area contributed by atoms with Crippen LogP contribution in [0.25, 0.3) is 12.2 Å². The summed E-state index contributed by atoms with van der Waals surface area (Å²) in [6.45, 7) is 11.3. The average Bonchev–Trinajstić information content (AvgIpc) is 3.00. The Morgan fingerprint density at radius 2 is 1.82 bits per heavy atom. The number of hydrogen-bond donors (Lipinski definition) is 0. The summed E-state index contributed by atoms with van der Waals surface area (Å²) >= 11 is 0. The van der Waals surface area contributed by atoms with E-state index in [1.165, 1.54) is 5.56 Å². The highest BCUT2D eigenvalue weighted by atomic mass is 28.4. The Morgan fingerprint density at radius 3 is 2.55 bits per heavy atom. The van der Waals surface area contributed by atoms with E-state index in [1.807, 2.05) is 24.3 Å². The van der Waals surface area contributed by atoms with Crippen molar-refractivity contribution in [2.75, 3.05) is 0 Å². The molecule has 0 N–H and O–H groups in total. The Morgan fingerprint density at radius 1 is 1.09 bits per heavy atom. The fourth-order valence-corrected chi connectivity index (χ4v) is 3.73. The molecule has 0 saturated carbocycles. The maximum absolute atomic E-state index is 6.66. The molecular weight excluding hydrogens is 292 g/mol. The Balaban J connectivity index is 1.99. The van der Waals surface area contributed by atoms with E-state index in [1.54, 1.807) is 12.5 Å². The van der Waals surface area contributed by atoms with Crippen molar-refractivity contribution in [1.29, 1.82) is 0 Å². The molecule has 22 heavy (non-hydrogen) atoms. The normalized spacial score (nSPS) is 20.0. The van der Waals surface area contributed by atoms with E-state index >= 15 is 0 Å². The van der Waals surface area contributed by atoms with Crippen molar-refractivity contribution >= 4 is 20.5 Å². The van der Waals surface area contributed by atoms with Crippen molar-refractivity contribution < 1.29 is 13.3 Å². The van der Waals surface area contributed by atoms with Gasteiger partial charge in [0.15, 0.2) is 8.32 Å². The Bertz CT molecular complexity index is 685. The van der Waals surface area contributed by atoms with Crippen LogP contribution in [-0.4, -0.2) is 8.32 Å². The Kier molecular flexibility index (Phi) is 3.69. The van der Waals surface area contributed by atoms with Gasteiger partial charge in [-0.1, -0.05) is 20.8 Å². The highest BCUT2D eigenvalue weighted by Gasteiger charge is 2.40. The minimum Gasteiger partial charge on any atom is -0.466 e. The molecule has 1 unspecified atom stereocenters. The standard InChI is InChI=1S/C18H24O3Si/c1-18(2,3)22(4,5)21-16-12-14-9-10-19-15(14)7-6-13-8-11-20-17(13)16/h6-11,16H,12H2,1-5H3/b7-6-. The van der Waals surface area contributed by atoms with E-state index in [-0.39, 0.29) is 11.1 Å². The number of hydrogen-bond acceptors (Lipinski definition) is 3. The van der Waals surface area contributed by atoms with Gasteiger partial charge in [0.25, 0.3) is 0 Å². The SMILES string of the molecule is CC(C)(C)[Si](C)(C)OC1Cc2ccoc2/C=C\c2ccoc21. The summed E-state index contributed by atoms with van der Waals surface area (Å²) in [5.74, 6) is 1.84. The molecule has 0 fully saturated rings. The van der Waals surface area contributed by atoms with Crippen LogP contribution >= 0.6 is 0 Å². The van der Waals surface area contributed by atoms with Crippen LogP contribution in [0, 0.1) is 0 Å². The zero-order valence-corrected chi connectivity index (χ0v) is 15.0. The van der Waals surface area contributed by atoms with Gasteiger partial charge in [-0.05, 0) is 42.4 Å².